The molecule has 3 nitrogen and oxygen atoms in total. The second-order valence-corrected chi connectivity index (χ2v) is 4.46. The van der Waals surface area contributed by atoms with Crippen LogP contribution in [0.2, 0.25) is 0 Å². The largest absolute Gasteiger partial charge is 0.213 e. The molecule has 0 aliphatic carbocycles. The Morgan fingerprint density at radius 2 is 2.00 bits per heavy atom. The Morgan fingerprint density at radius 3 is 2.30 bits per heavy atom. The Labute approximate surface area is 63.1 Å². The van der Waals surface area contributed by atoms with Gasteiger partial charge in [-0.05, 0) is 6.42 Å². The Bertz CT molecular complexity index is 172. The van der Waals surface area contributed by atoms with Crippen LogP contribution in [0, 0.1) is 7.05 Å². The fourth-order valence-electron chi connectivity index (χ4n) is 0.483. The van der Waals surface area contributed by atoms with Crippen molar-refractivity contribution in [1.29, 1.82) is 0 Å². The third-order valence-electron chi connectivity index (χ3n) is 1.23. The molecule has 0 aliphatic rings. The van der Waals surface area contributed by atoms with Crippen LogP contribution in [0.1, 0.15) is 19.8 Å². The summed E-state index contributed by atoms with van der Waals surface area (Å²) in [6.07, 6.45) is 1.61. The van der Waals surface area contributed by atoms with Crippen molar-refractivity contribution >= 4 is 10.0 Å². The summed E-state index contributed by atoms with van der Waals surface area (Å²) in [5.41, 5.74) is 0. The molecule has 0 atom stereocenters. The number of sulfonamides is 1. The highest BCUT2D eigenvalue weighted by Crippen LogP contribution is 1.99. The number of hydrogen-bond donors (Lipinski definition) is 0. The molecule has 61 valence electrons. The molecule has 0 heterocycles. The lowest BCUT2D eigenvalue weighted by Gasteiger charge is -2.09. The van der Waals surface area contributed by atoms with Gasteiger partial charge in [0.2, 0.25) is 10.0 Å². The molecule has 0 aliphatic heterocycles. The van der Waals surface area contributed by atoms with Crippen molar-refractivity contribution < 1.29 is 8.42 Å². The highest BCUT2D eigenvalue weighted by molar-refractivity contribution is 7.89. The smallest absolute Gasteiger partial charge is 0.212 e. The van der Waals surface area contributed by atoms with Crippen molar-refractivity contribution in [3.63, 3.8) is 0 Å². The quantitative estimate of drug-likeness (QED) is 0.617. The number of rotatable bonds is 4. The summed E-state index contributed by atoms with van der Waals surface area (Å²) in [7, 11) is 1.72. The minimum atomic E-state index is -3.04. The molecule has 0 amide bonds. The van der Waals surface area contributed by atoms with Crippen LogP contribution in [0.3, 0.4) is 0 Å². The van der Waals surface area contributed by atoms with Gasteiger partial charge in [-0.1, -0.05) is 13.3 Å². The van der Waals surface area contributed by atoms with Gasteiger partial charge in [-0.2, -0.15) is 0 Å². The molecule has 0 aromatic carbocycles. The van der Waals surface area contributed by atoms with Gasteiger partial charge in [0.15, 0.2) is 0 Å². The van der Waals surface area contributed by atoms with Crippen LogP contribution >= 0.6 is 0 Å². The van der Waals surface area contributed by atoms with Crippen LogP contribution in [0.5, 0.6) is 0 Å². The Balaban J connectivity index is 3.90. The average molecular weight is 164 g/mol. The third-order valence-corrected chi connectivity index (χ3v) is 2.99. The van der Waals surface area contributed by atoms with E-state index in [0.717, 1.165) is 10.7 Å². The Morgan fingerprint density at radius 1 is 1.50 bits per heavy atom. The van der Waals surface area contributed by atoms with Crippen LogP contribution < -0.4 is 0 Å². The molecule has 0 bridgehead atoms. The van der Waals surface area contributed by atoms with Gasteiger partial charge in [-0.3, -0.25) is 0 Å². The first kappa shape index (κ1) is 9.91. The molecule has 1 radical (unpaired) electrons. The molecule has 10 heavy (non-hydrogen) atoms. The molecule has 0 N–H and O–H groups in total. The zero-order valence-corrected chi connectivity index (χ0v) is 7.32. The van der Waals surface area contributed by atoms with Gasteiger partial charge in [0, 0.05) is 14.1 Å². The van der Waals surface area contributed by atoms with Gasteiger partial charge in [0.05, 0.1) is 5.75 Å². The van der Waals surface area contributed by atoms with Crippen LogP contribution in [0.15, 0.2) is 0 Å². The summed E-state index contributed by atoms with van der Waals surface area (Å²) in [5, 5.41) is 0. The predicted molar refractivity (Wildman–Crippen MR) is 41.8 cm³/mol. The summed E-state index contributed by atoms with van der Waals surface area (Å²) in [6.45, 7) is 1.96. The number of hydrogen-bond acceptors (Lipinski definition) is 2. The lowest BCUT2D eigenvalue weighted by atomic mass is 10.4. The van der Waals surface area contributed by atoms with Crippen molar-refractivity contribution in [2.45, 2.75) is 19.8 Å². The molecule has 0 saturated heterocycles. The fraction of sp³-hybridized carbons (Fsp3) is 0.833. The molecule has 0 rings (SSSR count). The molecular formula is C6H14NO2S. The lowest BCUT2D eigenvalue weighted by Crippen LogP contribution is -2.22. The second kappa shape index (κ2) is 3.93. The van der Waals surface area contributed by atoms with Crippen LogP contribution in [-0.2, 0) is 10.0 Å². The normalized spacial score (nSPS) is 12.4. The maximum absolute atomic E-state index is 11.0. The van der Waals surface area contributed by atoms with Gasteiger partial charge in [0.1, 0.15) is 0 Å². The lowest BCUT2D eigenvalue weighted by molar-refractivity contribution is 0.534. The summed E-state index contributed by atoms with van der Waals surface area (Å²) in [5.74, 6) is 0.212. The van der Waals surface area contributed by atoms with Gasteiger partial charge in [0.25, 0.3) is 0 Å². The minimum absolute atomic E-state index is 0.212. The first-order valence-electron chi connectivity index (χ1n) is 3.28. The van der Waals surface area contributed by atoms with E-state index in [1.165, 1.54) is 7.05 Å². The Kier molecular flexibility index (Phi) is 3.89. The van der Waals surface area contributed by atoms with E-state index in [4.69, 9.17) is 0 Å². The van der Waals surface area contributed by atoms with E-state index in [-0.39, 0.29) is 5.75 Å². The van der Waals surface area contributed by atoms with E-state index in [2.05, 4.69) is 7.05 Å². The summed E-state index contributed by atoms with van der Waals surface area (Å²) in [4.78, 5) is 0. The average Bonchev–Trinajstić information content (AvgIpc) is 1.84. The monoisotopic (exact) mass is 164 g/mol. The van der Waals surface area contributed by atoms with Gasteiger partial charge in [-0.15, -0.1) is 0 Å². The molecule has 4 heteroatoms. The molecule has 0 spiro atoms. The number of unbranched alkanes of at least 4 members (excludes halogenated alkanes) is 1. The van der Waals surface area contributed by atoms with Crippen molar-refractivity contribution in [1.82, 2.24) is 4.31 Å². The van der Waals surface area contributed by atoms with Crippen molar-refractivity contribution in [2.24, 2.45) is 0 Å². The van der Waals surface area contributed by atoms with E-state index in [1.807, 2.05) is 6.92 Å². The maximum Gasteiger partial charge on any atom is 0.213 e. The van der Waals surface area contributed by atoms with Crippen LogP contribution in [0.25, 0.3) is 0 Å². The zero-order chi connectivity index (χ0) is 8.20. The predicted octanol–water partition coefficient (Wildman–Crippen LogP) is 0.840. The van der Waals surface area contributed by atoms with Crippen LogP contribution in [0.4, 0.5) is 0 Å². The zero-order valence-electron chi connectivity index (χ0n) is 6.50. The highest BCUT2D eigenvalue weighted by Gasteiger charge is 2.11. The van der Waals surface area contributed by atoms with Gasteiger partial charge < -0.3 is 0 Å². The van der Waals surface area contributed by atoms with Crippen LogP contribution in [-0.4, -0.2) is 25.5 Å². The first-order chi connectivity index (χ1) is 4.50. The summed E-state index contributed by atoms with van der Waals surface area (Å²) in [6, 6.07) is 0. The van der Waals surface area contributed by atoms with E-state index in [0.29, 0.717) is 6.42 Å². The van der Waals surface area contributed by atoms with Gasteiger partial charge in [-0.25, -0.2) is 12.7 Å². The highest BCUT2D eigenvalue weighted by atomic mass is 32.2. The van der Waals surface area contributed by atoms with Crippen molar-refractivity contribution in [3.8, 4) is 0 Å². The SMILES string of the molecule is [CH2]N(C)S(=O)(=O)CCCC. The van der Waals surface area contributed by atoms with E-state index < -0.39 is 10.0 Å². The van der Waals surface area contributed by atoms with Crippen molar-refractivity contribution in [2.75, 3.05) is 12.8 Å². The molecule has 0 aromatic heterocycles. The first-order valence-corrected chi connectivity index (χ1v) is 4.88. The topological polar surface area (TPSA) is 37.4 Å². The standard InChI is InChI=1S/C6H14NO2S/c1-4-5-6-10(8,9)7(2)3/h2,4-6H2,1,3H3. The molecule has 0 saturated carbocycles. The maximum atomic E-state index is 11.0. The fourth-order valence-corrected chi connectivity index (χ4v) is 1.45. The van der Waals surface area contributed by atoms with E-state index in [9.17, 15) is 8.42 Å². The van der Waals surface area contributed by atoms with E-state index >= 15 is 0 Å². The van der Waals surface area contributed by atoms with Gasteiger partial charge >= 0.3 is 0 Å². The third kappa shape index (κ3) is 3.17. The summed E-state index contributed by atoms with van der Waals surface area (Å²) < 4.78 is 22.9. The minimum Gasteiger partial charge on any atom is -0.212 e. The molecule has 0 aromatic rings. The second-order valence-electron chi connectivity index (χ2n) is 2.27. The molecule has 0 fully saturated rings. The Hall–Kier alpha value is -0.0900. The van der Waals surface area contributed by atoms with E-state index in [1.54, 1.807) is 0 Å². The number of nitrogens with zero attached hydrogens (tertiary/aromatic N) is 1. The summed E-state index contributed by atoms with van der Waals surface area (Å²) >= 11 is 0. The molecule has 0 unspecified atom stereocenters. The molecular weight excluding hydrogens is 150 g/mol. The van der Waals surface area contributed by atoms with Crippen molar-refractivity contribution in [3.05, 3.63) is 7.05 Å².